The molecule has 0 unspecified atom stereocenters. The van der Waals surface area contributed by atoms with E-state index in [2.05, 4.69) is 64.8 Å². The zero-order valence-electron chi connectivity index (χ0n) is 12.6. The van der Waals surface area contributed by atoms with Gasteiger partial charge < -0.3 is 5.32 Å². The van der Waals surface area contributed by atoms with Gasteiger partial charge >= 0.3 is 0 Å². The number of rotatable bonds is 5. The molecule has 3 rings (SSSR count). The lowest BCUT2D eigenvalue weighted by Crippen LogP contribution is -2.31. The average molecular weight is 280 g/mol. The van der Waals surface area contributed by atoms with Gasteiger partial charge in [0, 0.05) is 26.2 Å². The highest BCUT2D eigenvalue weighted by atomic mass is 15.1. The van der Waals surface area contributed by atoms with Crippen molar-refractivity contribution in [3.63, 3.8) is 0 Å². The topological polar surface area (TPSA) is 15.3 Å². The fourth-order valence-corrected chi connectivity index (χ4v) is 3.03. The van der Waals surface area contributed by atoms with Gasteiger partial charge in [0.2, 0.25) is 0 Å². The number of fused-ring (bicyclic) bond motifs is 1. The fraction of sp³-hybridized carbons (Fsp3) is 0.368. The van der Waals surface area contributed by atoms with E-state index in [-0.39, 0.29) is 0 Å². The molecule has 0 aliphatic carbocycles. The van der Waals surface area contributed by atoms with Crippen LogP contribution in [0, 0.1) is 0 Å². The van der Waals surface area contributed by atoms with Gasteiger partial charge in [0.25, 0.3) is 0 Å². The summed E-state index contributed by atoms with van der Waals surface area (Å²) in [6.07, 6.45) is 2.50. The Morgan fingerprint density at radius 1 is 0.905 bits per heavy atom. The van der Waals surface area contributed by atoms with Crippen molar-refractivity contribution >= 4 is 0 Å². The lowest BCUT2D eigenvalue weighted by molar-refractivity contribution is 0.269. The molecule has 2 aromatic carbocycles. The van der Waals surface area contributed by atoms with E-state index in [1.54, 1.807) is 0 Å². The Balaban J connectivity index is 1.45. The average Bonchev–Trinajstić information content (AvgIpc) is 2.74. The summed E-state index contributed by atoms with van der Waals surface area (Å²) in [6.45, 7) is 5.45. The highest BCUT2D eigenvalue weighted by Crippen LogP contribution is 2.17. The second-order valence-electron chi connectivity index (χ2n) is 5.81. The molecule has 0 fully saturated rings. The van der Waals surface area contributed by atoms with E-state index in [0.717, 1.165) is 26.2 Å². The third kappa shape index (κ3) is 4.16. The fourth-order valence-electron chi connectivity index (χ4n) is 3.03. The number of nitrogens with zero attached hydrogens (tertiary/aromatic N) is 1. The lowest BCUT2D eigenvalue weighted by Gasteiger charge is -2.20. The first-order valence-corrected chi connectivity index (χ1v) is 7.95. The number of hydrogen-bond donors (Lipinski definition) is 1. The predicted octanol–water partition coefficient (Wildman–Crippen LogP) is 3.22. The number of hydrogen-bond acceptors (Lipinski definition) is 2. The molecule has 1 heterocycles. The first-order chi connectivity index (χ1) is 10.4. The zero-order chi connectivity index (χ0) is 14.3. The van der Waals surface area contributed by atoms with Crippen LogP contribution in [0.2, 0.25) is 0 Å². The van der Waals surface area contributed by atoms with Gasteiger partial charge in [-0.1, -0.05) is 54.6 Å². The maximum Gasteiger partial charge on any atom is 0.0237 e. The van der Waals surface area contributed by atoms with E-state index in [0.29, 0.717) is 0 Å². The first-order valence-electron chi connectivity index (χ1n) is 7.95. The van der Waals surface area contributed by atoms with E-state index < -0.39 is 0 Å². The van der Waals surface area contributed by atoms with E-state index >= 15 is 0 Å². The van der Waals surface area contributed by atoms with E-state index in [9.17, 15) is 0 Å². The van der Waals surface area contributed by atoms with Crippen molar-refractivity contribution in [2.75, 3.05) is 19.6 Å². The molecule has 0 amide bonds. The van der Waals surface area contributed by atoms with Crippen LogP contribution >= 0.6 is 0 Å². The highest BCUT2D eigenvalue weighted by Gasteiger charge is 2.13. The summed E-state index contributed by atoms with van der Waals surface area (Å²) >= 11 is 0. The Kier molecular flexibility index (Phi) is 5.03. The van der Waals surface area contributed by atoms with Crippen LogP contribution in [0.25, 0.3) is 0 Å². The Morgan fingerprint density at radius 2 is 1.67 bits per heavy atom. The van der Waals surface area contributed by atoms with Crippen molar-refractivity contribution in [2.45, 2.75) is 25.9 Å². The highest BCUT2D eigenvalue weighted by molar-refractivity contribution is 5.28. The minimum absolute atomic E-state index is 0.964. The largest absolute Gasteiger partial charge is 0.311 e. The molecular formula is C19H24N2. The second kappa shape index (κ2) is 7.39. The molecule has 0 spiro atoms. The molecule has 1 aliphatic heterocycles. The predicted molar refractivity (Wildman–Crippen MR) is 88.2 cm³/mol. The van der Waals surface area contributed by atoms with E-state index in [4.69, 9.17) is 0 Å². The smallest absolute Gasteiger partial charge is 0.0237 e. The van der Waals surface area contributed by atoms with Crippen LogP contribution in [0.15, 0.2) is 54.6 Å². The molecule has 0 aromatic heterocycles. The van der Waals surface area contributed by atoms with Crippen LogP contribution in [0.1, 0.15) is 23.1 Å². The van der Waals surface area contributed by atoms with Crippen molar-refractivity contribution in [1.29, 1.82) is 0 Å². The zero-order valence-corrected chi connectivity index (χ0v) is 12.6. The summed E-state index contributed by atoms with van der Waals surface area (Å²) < 4.78 is 0. The van der Waals surface area contributed by atoms with Crippen molar-refractivity contribution in [3.05, 3.63) is 71.3 Å². The monoisotopic (exact) mass is 280 g/mol. The van der Waals surface area contributed by atoms with Crippen molar-refractivity contribution < 1.29 is 0 Å². The van der Waals surface area contributed by atoms with E-state index in [1.165, 1.54) is 36.1 Å². The SMILES string of the molecule is c1ccc(CNCCN2CCCc3ccccc3C2)cc1. The summed E-state index contributed by atoms with van der Waals surface area (Å²) in [5.41, 5.74) is 4.41. The van der Waals surface area contributed by atoms with Crippen molar-refractivity contribution in [3.8, 4) is 0 Å². The molecule has 21 heavy (non-hydrogen) atoms. The number of benzene rings is 2. The van der Waals surface area contributed by atoms with Crippen LogP contribution < -0.4 is 5.32 Å². The van der Waals surface area contributed by atoms with Gasteiger partial charge in [-0.25, -0.2) is 0 Å². The maximum atomic E-state index is 3.55. The summed E-state index contributed by atoms with van der Waals surface area (Å²) in [7, 11) is 0. The van der Waals surface area contributed by atoms with Crippen LogP contribution in [0.3, 0.4) is 0 Å². The molecule has 1 N–H and O–H groups in total. The minimum Gasteiger partial charge on any atom is -0.311 e. The summed E-state index contributed by atoms with van der Waals surface area (Å²) in [5.74, 6) is 0. The normalized spacial score (nSPS) is 15.4. The summed E-state index contributed by atoms with van der Waals surface area (Å²) in [4.78, 5) is 2.57. The Labute approximate surface area is 127 Å². The van der Waals surface area contributed by atoms with Crippen LogP contribution in [-0.2, 0) is 19.5 Å². The third-order valence-electron chi connectivity index (χ3n) is 4.21. The molecule has 0 radical (unpaired) electrons. The van der Waals surface area contributed by atoms with Gasteiger partial charge in [-0.2, -0.15) is 0 Å². The van der Waals surface area contributed by atoms with Gasteiger partial charge in [-0.05, 0) is 36.1 Å². The maximum absolute atomic E-state index is 3.55. The molecule has 0 saturated heterocycles. The van der Waals surface area contributed by atoms with Crippen LogP contribution in [0.4, 0.5) is 0 Å². The molecule has 110 valence electrons. The first kappa shape index (κ1) is 14.3. The molecule has 2 aromatic rings. The van der Waals surface area contributed by atoms with E-state index in [1.807, 2.05) is 0 Å². The molecule has 0 bridgehead atoms. The summed E-state index contributed by atoms with van der Waals surface area (Å²) in [6, 6.07) is 19.5. The lowest BCUT2D eigenvalue weighted by atomic mass is 10.0. The quantitative estimate of drug-likeness (QED) is 0.846. The van der Waals surface area contributed by atoms with Crippen LogP contribution in [0.5, 0.6) is 0 Å². The molecule has 0 atom stereocenters. The molecule has 0 saturated carbocycles. The third-order valence-corrected chi connectivity index (χ3v) is 4.21. The Bertz CT molecular complexity index is 551. The molecule has 2 heteroatoms. The molecule has 1 aliphatic rings. The molecule has 2 nitrogen and oxygen atoms in total. The molecular weight excluding hydrogens is 256 g/mol. The minimum atomic E-state index is 0.964. The number of nitrogens with one attached hydrogen (secondary N) is 1. The van der Waals surface area contributed by atoms with Crippen LogP contribution in [-0.4, -0.2) is 24.5 Å². The van der Waals surface area contributed by atoms with Gasteiger partial charge in [-0.3, -0.25) is 4.90 Å². The summed E-state index contributed by atoms with van der Waals surface area (Å²) in [5, 5.41) is 3.55. The van der Waals surface area contributed by atoms with Gasteiger partial charge in [0.1, 0.15) is 0 Å². The second-order valence-corrected chi connectivity index (χ2v) is 5.81. The van der Waals surface area contributed by atoms with Crippen molar-refractivity contribution in [2.24, 2.45) is 0 Å². The van der Waals surface area contributed by atoms with Gasteiger partial charge in [0.05, 0.1) is 0 Å². The van der Waals surface area contributed by atoms with Gasteiger partial charge in [-0.15, -0.1) is 0 Å². The Hall–Kier alpha value is -1.64. The van der Waals surface area contributed by atoms with Crippen molar-refractivity contribution in [1.82, 2.24) is 10.2 Å². The number of aryl methyl sites for hydroxylation is 1. The van der Waals surface area contributed by atoms with Gasteiger partial charge in [0.15, 0.2) is 0 Å². The Morgan fingerprint density at radius 3 is 2.52 bits per heavy atom. The standard InChI is InChI=1S/C19H24N2/c1-2-7-17(8-3-1)15-20-12-14-21-13-6-11-18-9-4-5-10-19(18)16-21/h1-5,7-10,20H,6,11-16H2.